The standard InChI is InChI=1S/C31H32N2O3S/c1-17(2)20-8-10-21(11-9-20)26-16-24(23-14-18(3)7-13-25(23)32-26)29(34)33-30-28(31(35)36-5)22-12-6-19(4)15-27(22)37-30/h7-11,13-14,16-17,19H,6,12,15H2,1-5H3,(H,33,34)/t19-/m0/s1. The number of pyridine rings is 1. The number of carbonyl (C=O) groups is 2. The van der Waals surface area contributed by atoms with Gasteiger partial charge in [-0.25, -0.2) is 9.78 Å². The van der Waals surface area contributed by atoms with Gasteiger partial charge in [0.25, 0.3) is 5.91 Å². The molecule has 0 fully saturated rings. The van der Waals surface area contributed by atoms with E-state index in [9.17, 15) is 9.59 Å². The van der Waals surface area contributed by atoms with E-state index in [1.165, 1.54) is 24.0 Å². The lowest BCUT2D eigenvalue weighted by molar-refractivity contribution is 0.0601. The van der Waals surface area contributed by atoms with Gasteiger partial charge in [0, 0.05) is 15.8 Å². The lowest BCUT2D eigenvalue weighted by atomic mass is 9.88. The van der Waals surface area contributed by atoms with Crippen LogP contribution < -0.4 is 5.32 Å². The normalized spacial score (nSPS) is 15.0. The summed E-state index contributed by atoms with van der Waals surface area (Å²) >= 11 is 1.50. The first-order chi connectivity index (χ1) is 17.7. The molecule has 2 heterocycles. The summed E-state index contributed by atoms with van der Waals surface area (Å²) in [5.74, 6) is 0.335. The van der Waals surface area contributed by atoms with Gasteiger partial charge in [-0.3, -0.25) is 4.79 Å². The van der Waals surface area contributed by atoms with Crippen LogP contribution in [0.2, 0.25) is 0 Å². The maximum Gasteiger partial charge on any atom is 0.341 e. The predicted molar refractivity (Wildman–Crippen MR) is 151 cm³/mol. The van der Waals surface area contributed by atoms with Crippen LogP contribution in [0, 0.1) is 12.8 Å². The Morgan fingerprint density at radius 1 is 1.11 bits per heavy atom. The number of ether oxygens (including phenoxy) is 1. The summed E-state index contributed by atoms with van der Waals surface area (Å²) in [5.41, 5.74) is 6.81. The van der Waals surface area contributed by atoms with Crippen LogP contribution in [0.5, 0.6) is 0 Å². The van der Waals surface area contributed by atoms with Gasteiger partial charge in [-0.15, -0.1) is 11.3 Å². The van der Waals surface area contributed by atoms with Crippen LogP contribution in [0.4, 0.5) is 5.00 Å². The number of fused-ring (bicyclic) bond motifs is 2. The third kappa shape index (κ3) is 4.90. The van der Waals surface area contributed by atoms with Gasteiger partial charge in [0.2, 0.25) is 0 Å². The third-order valence-electron chi connectivity index (χ3n) is 7.21. The van der Waals surface area contributed by atoms with Gasteiger partial charge >= 0.3 is 5.97 Å². The number of carbonyl (C=O) groups excluding carboxylic acids is 2. The zero-order valence-electron chi connectivity index (χ0n) is 22.0. The Morgan fingerprint density at radius 2 is 1.86 bits per heavy atom. The minimum atomic E-state index is -0.399. The van der Waals surface area contributed by atoms with Crippen molar-refractivity contribution in [3.05, 3.63) is 81.2 Å². The Labute approximate surface area is 221 Å². The lowest BCUT2D eigenvalue weighted by Gasteiger charge is -2.18. The van der Waals surface area contributed by atoms with E-state index in [0.717, 1.165) is 57.4 Å². The zero-order valence-corrected chi connectivity index (χ0v) is 22.8. The van der Waals surface area contributed by atoms with Gasteiger partial charge in [-0.2, -0.15) is 0 Å². The molecule has 6 heteroatoms. The van der Waals surface area contributed by atoms with Crippen LogP contribution in [0.15, 0.2) is 48.5 Å². The summed E-state index contributed by atoms with van der Waals surface area (Å²) in [6, 6.07) is 16.2. The van der Waals surface area contributed by atoms with E-state index < -0.39 is 5.97 Å². The molecular formula is C31H32N2O3S. The van der Waals surface area contributed by atoms with Crippen molar-refractivity contribution in [2.24, 2.45) is 5.92 Å². The van der Waals surface area contributed by atoms with E-state index in [-0.39, 0.29) is 5.91 Å². The van der Waals surface area contributed by atoms with E-state index in [0.29, 0.717) is 28.0 Å². The van der Waals surface area contributed by atoms with Crippen LogP contribution in [-0.2, 0) is 17.6 Å². The highest BCUT2D eigenvalue weighted by Gasteiger charge is 2.29. The molecule has 0 radical (unpaired) electrons. The van der Waals surface area contributed by atoms with Gasteiger partial charge in [0.1, 0.15) is 5.00 Å². The average molecular weight is 513 g/mol. The van der Waals surface area contributed by atoms with E-state index >= 15 is 0 Å². The summed E-state index contributed by atoms with van der Waals surface area (Å²) in [6.45, 7) is 8.56. The van der Waals surface area contributed by atoms with E-state index in [1.54, 1.807) is 0 Å². The number of rotatable bonds is 5. The van der Waals surface area contributed by atoms with Crippen molar-refractivity contribution < 1.29 is 14.3 Å². The van der Waals surface area contributed by atoms with Crippen molar-refractivity contribution >= 4 is 39.1 Å². The van der Waals surface area contributed by atoms with E-state index in [2.05, 4.69) is 50.4 Å². The summed E-state index contributed by atoms with van der Waals surface area (Å²) in [5, 5.41) is 4.43. The molecule has 1 N–H and O–H groups in total. The number of benzene rings is 2. The topological polar surface area (TPSA) is 68.3 Å². The third-order valence-corrected chi connectivity index (χ3v) is 8.38. The molecule has 0 bridgehead atoms. The fraction of sp³-hybridized carbons (Fsp3) is 0.323. The number of nitrogens with one attached hydrogen (secondary N) is 1. The van der Waals surface area contributed by atoms with Crippen LogP contribution >= 0.6 is 11.3 Å². The number of hydrogen-bond acceptors (Lipinski definition) is 5. The molecule has 37 heavy (non-hydrogen) atoms. The quantitative estimate of drug-likeness (QED) is 0.280. The van der Waals surface area contributed by atoms with Gasteiger partial charge in [0.05, 0.1) is 29.4 Å². The molecule has 0 saturated heterocycles. The van der Waals surface area contributed by atoms with Gasteiger partial charge in [-0.1, -0.05) is 56.7 Å². The molecule has 1 aliphatic carbocycles. The SMILES string of the molecule is COC(=O)c1c(NC(=O)c2cc(-c3ccc(C(C)C)cc3)nc3ccc(C)cc23)sc2c1CC[C@H](C)C2. The molecule has 2 aromatic carbocycles. The minimum absolute atomic E-state index is 0.255. The number of hydrogen-bond donors (Lipinski definition) is 1. The highest BCUT2D eigenvalue weighted by molar-refractivity contribution is 7.17. The first-order valence-electron chi connectivity index (χ1n) is 12.8. The first kappa shape index (κ1) is 25.2. The van der Waals surface area contributed by atoms with Crippen LogP contribution in [0.25, 0.3) is 22.2 Å². The molecule has 5 nitrogen and oxygen atoms in total. The second kappa shape index (κ2) is 10.1. The van der Waals surface area contributed by atoms with Gasteiger partial charge < -0.3 is 10.1 Å². The van der Waals surface area contributed by atoms with Gasteiger partial charge in [0.15, 0.2) is 0 Å². The number of aryl methyl sites for hydroxylation is 1. The number of thiophene rings is 1. The fourth-order valence-electron chi connectivity index (χ4n) is 5.04. The number of esters is 1. The van der Waals surface area contributed by atoms with Crippen molar-refractivity contribution in [2.75, 3.05) is 12.4 Å². The van der Waals surface area contributed by atoms with Crippen LogP contribution in [-0.4, -0.2) is 24.0 Å². The molecule has 0 aliphatic heterocycles. The molecule has 0 unspecified atom stereocenters. The Kier molecular flexibility index (Phi) is 6.86. The van der Waals surface area contributed by atoms with Crippen molar-refractivity contribution in [3.8, 4) is 11.3 Å². The van der Waals surface area contributed by atoms with Gasteiger partial charge in [-0.05, 0) is 67.3 Å². The highest BCUT2D eigenvalue weighted by atomic mass is 32.1. The monoisotopic (exact) mass is 512 g/mol. The number of amides is 1. The summed E-state index contributed by atoms with van der Waals surface area (Å²) in [4.78, 5) is 32.6. The zero-order chi connectivity index (χ0) is 26.3. The lowest BCUT2D eigenvalue weighted by Crippen LogP contribution is -2.16. The van der Waals surface area contributed by atoms with Crippen molar-refractivity contribution in [2.45, 2.75) is 52.9 Å². The highest BCUT2D eigenvalue weighted by Crippen LogP contribution is 2.40. The molecule has 1 aliphatic rings. The molecule has 0 spiro atoms. The van der Waals surface area contributed by atoms with E-state index in [4.69, 9.17) is 9.72 Å². The van der Waals surface area contributed by atoms with Crippen molar-refractivity contribution in [3.63, 3.8) is 0 Å². The number of aromatic nitrogens is 1. The van der Waals surface area contributed by atoms with E-state index in [1.807, 2.05) is 31.2 Å². The number of anilines is 1. The summed E-state index contributed by atoms with van der Waals surface area (Å²) < 4.78 is 5.11. The predicted octanol–water partition coefficient (Wildman–Crippen LogP) is 7.56. The van der Waals surface area contributed by atoms with Crippen molar-refractivity contribution in [1.29, 1.82) is 0 Å². The molecule has 2 aromatic heterocycles. The Hall–Kier alpha value is -3.51. The number of nitrogens with zero attached hydrogens (tertiary/aromatic N) is 1. The van der Waals surface area contributed by atoms with Crippen LogP contribution in [0.1, 0.15) is 75.4 Å². The molecule has 5 rings (SSSR count). The minimum Gasteiger partial charge on any atom is -0.465 e. The molecule has 4 aromatic rings. The Morgan fingerprint density at radius 3 is 2.57 bits per heavy atom. The second-order valence-electron chi connectivity index (χ2n) is 10.4. The van der Waals surface area contributed by atoms with Crippen molar-refractivity contribution in [1.82, 2.24) is 4.98 Å². The Bertz CT molecular complexity index is 1500. The average Bonchev–Trinajstić information content (AvgIpc) is 3.24. The first-order valence-corrected chi connectivity index (χ1v) is 13.6. The molecule has 0 saturated carbocycles. The maximum absolute atomic E-state index is 13.8. The molecule has 190 valence electrons. The molecular weight excluding hydrogens is 480 g/mol. The molecule has 1 atom stereocenters. The summed E-state index contributed by atoms with van der Waals surface area (Å²) in [6.07, 6.45) is 2.75. The summed E-state index contributed by atoms with van der Waals surface area (Å²) in [7, 11) is 1.39. The second-order valence-corrected chi connectivity index (χ2v) is 11.5. The van der Waals surface area contributed by atoms with Crippen LogP contribution in [0.3, 0.4) is 0 Å². The Balaban J connectivity index is 1.58. The largest absolute Gasteiger partial charge is 0.465 e. The maximum atomic E-state index is 13.8. The number of methoxy groups -OCH3 is 1. The molecule has 1 amide bonds. The smallest absolute Gasteiger partial charge is 0.341 e. The fourth-order valence-corrected chi connectivity index (χ4v) is 6.44.